The lowest BCUT2D eigenvalue weighted by Gasteiger charge is -2.16. The second-order valence-electron chi connectivity index (χ2n) is 4.12. The van der Waals surface area contributed by atoms with Gasteiger partial charge in [0.25, 0.3) is 0 Å². The molecule has 19 heavy (non-hydrogen) atoms. The van der Waals surface area contributed by atoms with Crippen LogP contribution in [-0.2, 0) is 16.1 Å². The number of benzene rings is 1. The molecule has 0 aliphatic heterocycles. The van der Waals surface area contributed by atoms with Crippen molar-refractivity contribution in [2.45, 2.75) is 13.0 Å². The summed E-state index contributed by atoms with van der Waals surface area (Å²) in [6.45, 7) is 0.831. The van der Waals surface area contributed by atoms with Crippen molar-refractivity contribution in [3.8, 4) is 0 Å². The number of carbonyl (C=O) groups excluding carboxylic acids is 1. The molecule has 6 heteroatoms. The number of halogens is 1. The first-order valence-electron chi connectivity index (χ1n) is 5.84. The van der Waals surface area contributed by atoms with Crippen LogP contribution in [-0.4, -0.2) is 36.0 Å². The molecule has 1 aromatic carbocycles. The summed E-state index contributed by atoms with van der Waals surface area (Å²) >= 11 is 10.7. The highest BCUT2D eigenvalue weighted by molar-refractivity contribution is 7.80. The van der Waals surface area contributed by atoms with Gasteiger partial charge in [-0.3, -0.25) is 4.79 Å². The summed E-state index contributed by atoms with van der Waals surface area (Å²) in [7, 11) is 1.69. The van der Waals surface area contributed by atoms with Crippen LogP contribution in [0, 0.1) is 0 Å². The Morgan fingerprint density at radius 3 is 2.79 bits per heavy atom. The molecule has 1 rings (SSSR count). The normalized spacial score (nSPS) is 10.2. The Labute approximate surface area is 123 Å². The summed E-state index contributed by atoms with van der Waals surface area (Å²) in [5.74, 6) is -0.108. The molecule has 0 aromatic heterocycles. The first-order chi connectivity index (χ1) is 9.00. The quantitative estimate of drug-likeness (QED) is 0.783. The van der Waals surface area contributed by atoms with E-state index in [1.807, 2.05) is 18.2 Å². The van der Waals surface area contributed by atoms with E-state index in [2.05, 4.69) is 0 Å². The minimum Gasteiger partial charge on any atom is -0.393 e. The number of amides is 1. The van der Waals surface area contributed by atoms with Gasteiger partial charge in [0.15, 0.2) is 0 Å². The van der Waals surface area contributed by atoms with Crippen LogP contribution in [0.2, 0.25) is 5.02 Å². The zero-order valence-electron chi connectivity index (χ0n) is 10.8. The van der Waals surface area contributed by atoms with Crippen LogP contribution >= 0.6 is 23.8 Å². The topological polar surface area (TPSA) is 55.6 Å². The molecule has 1 aromatic rings. The molecule has 0 aliphatic rings. The predicted octanol–water partition coefficient (Wildman–Crippen LogP) is 1.99. The molecule has 0 radical (unpaired) electrons. The molecular weight excluding hydrogens is 284 g/mol. The predicted molar refractivity (Wildman–Crippen MR) is 80.1 cm³/mol. The van der Waals surface area contributed by atoms with Crippen molar-refractivity contribution in [3.05, 3.63) is 34.9 Å². The molecule has 0 bridgehead atoms. The summed E-state index contributed by atoms with van der Waals surface area (Å²) < 4.78 is 5.35. The maximum Gasteiger partial charge on any atom is 0.248 e. The minimum atomic E-state index is -0.108. The molecule has 2 N–H and O–H groups in total. The Morgan fingerprint density at radius 1 is 1.47 bits per heavy atom. The highest BCUT2D eigenvalue weighted by Gasteiger charge is 2.09. The Bertz CT molecular complexity index is 454. The van der Waals surface area contributed by atoms with Gasteiger partial charge in [-0.1, -0.05) is 42.0 Å². The molecule has 0 saturated carbocycles. The molecule has 104 valence electrons. The Kier molecular flexibility index (Phi) is 6.77. The van der Waals surface area contributed by atoms with Gasteiger partial charge >= 0.3 is 0 Å². The van der Waals surface area contributed by atoms with Crippen LogP contribution < -0.4 is 5.73 Å². The number of hydrogen-bond acceptors (Lipinski definition) is 3. The molecule has 0 aliphatic carbocycles. The first kappa shape index (κ1) is 15.9. The van der Waals surface area contributed by atoms with Gasteiger partial charge in [-0.15, -0.1) is 0 Å². The Balaban J connectivity index is 2.31. The van der Waals surface area contributed by atoms with Crippen molar-refractivity contribution in [2.24, 2.45) is 5.73 Å². The van der Waals surface area contributed by atoms with E-state index in [4.69, 9.17) is 34.3 Å². The number of hydrogen-bond donors (Lipinski definition) is 1. The standard InChI is InChI=1S/C13H17ClN2O2S/c1-16(7-6-12(15)19)13(17)9-18-8-10-4-2-3-5-11(10)14/h2-5H,6-9H2,1H3,(H2,15,19). The van der Waals surface area contributed by atoms with Crippen molar-refractivity contribution in [2.75, 3.05) is 20.2 Å². The third kappa shape index (κ3) is 6.00. The third-order valence-corrected chi connectivity index (χ3v) is 3.13. The fourth-order valence-electron chi connectivity index (χ4n) is 1.38. The molecular formula is C13H17ClN2O2S. The lowest BCUT2D eigenvalue weighted by Crippen LogP contribution is -2.32. The lowest BCUT2D eigenvalue weighted by atomic mass is 10.2. The largest absolute Gasteiger partial charge is 0.393 e. The molecule has 1 amide bonds. The molecule has 4 nitrogen and oxygen atoms in total. The number of rotatable bonds is 7. The van der Waals surface area contributed by atoms with Gasteiger partial charge in [0, 0.05) is 25.0 Å². The number of thiocarbonyl (C=S) groups is 1. The van der Waals surface area contributed by atoms with Crippen molar-refractivity contribution in [3.63, 3.8) is 0 Å². The summed E-state index contributed by atoms with van der Waals surface area (Å²) in [5.41, 5.74) is 6.24. The van der Waals surface area contributed by atoms with Crippen molar-refractivity contribution >= 4 is 34.7 Å². The van der Waals surface area contributed by atoms with Gasteiger partial charge in [0.1, 0.15) is 6.61 Å². The van der Waals surface area contributed by atoms with Crippen molar-refractivity contribution in [1.29, 1.82) is 0 Å². The number of ether oxygens (including phenoxy) is 1. The van der Waals surface area contributed by atoms with E-state index in [-0.39, 0.29) is 12.5 Å². The second-order valence-corrected chi connectivity index (χ2v) is 5.05. The van der Waals surface area contributed by atoms with E-state index in [0.717, 1.165) is 5.56 Å². The van der Waals surface area contributed by atoms with E-state index in [9.17, 15) is 4.79 Å². The monoisotopic (exact) mass is 300 g/mol. The molecule has 0 spiro atoms. The van der Waals surface area contributed by atoms with Crippen LogP contribution in [0.4, 0.5) is 0 Å². The molecule has 0 heterocycles. The van der Waals surface area contributed by atoms with Gasteiger partial charge in [0.05, 0.1) is 11.6 Å². The fourth-order valence-corrected chi connectivity index (χ4v) is 1.66. The average Bonchev–Trinajstić information content (AvgIpc) is 2.38. The Hall–Kier alpha value is -1.17. The summed E-state index contributed by atoms with van der Waals surface area (Å²) in [4.78, 5) is 13.7. The number of carbonyl (C=O) groups is 1. The minimum absolute atomic E-state index is 0.0130. The zero-order valence-corrected chi connectivity index (χ0v) is 12.3. The van der Waals surface area contributed by atoms with Gasteiger partial charge in [-0.25, -0.2) is 0 Å². The summed E-state index contributed by atoms with van der Waals surface area (Å²) in [6.07, 6.45) is 0.516. The maximum atomic E-state index is 11.7. The maximum absolute atomic E-state index is 11.7. The fraction of sp³-hybridized carbons (Fsp3) is 0.385. The van der Waals surface area contributed by atoms with Crippen LogP contribution in [0.5, 0.6) is 0 Å². The molecule has 0 fully saturated rings. The van der Waals surface area contributed by atoms with Gasteiger partial charge in [-0.05, 0) is 11.6 Å². The second kappa shape index (κ2) is 8.09. The van der Waals surface area contributed by atoms with E-state index in [1.54, 1.807) is 18.0 Å². The van der Waals surface area contributed by atoms with Crippen molar-refractivity contribution < 1.29 is 9.53 Å². The van der Waals surface area contributed by atoms with Crippen LogP contribution in [0.3, 0.4) is 0 Å². The van der Waals surface area contributed by atoms with Crippen LogP contribution in [0.25, 0.3) is 0 Å². The van der Waals surface area contributed by atoms with E-state index < -0.39 is 0 Å². The molecule has 0 unspecified atom stereocenters. The van der Waals surface area contributed by atoms with Gasteiger partial charge in [-0.2, -0.15) is 0 Å². The number of likely N-dealkylation sites (N-methyl/N-ethyl adjacent to an activating group) is 1. The van der Waals surface area contributed by atoms with E-state index in [1.165, 1.54) is 0 Å². The number of nitrogens with two attached hydrogens (primary N) is 1. The van der Waals surface area contributed by atoms with Crippen LogP contribution in [0.15, 0.2) is 24.3 Å². The van der Waals surface area contributed by atoms with E-state index in [0.29, 0.717) is 29.6 Å². The third-order valence-electron chi connectivity index (χ3n) is 2.56. The van der Waals surface area contributed by atoms with Gasteiger partial charge < -0.3 is 15.4 Å². The highest BCUT2D eigenvalue weighted by Crippen LogP contribution is 2.15. The first-order valence-corrected chi connectivity index (χ1v) is 6.62. The smallest absolute Gasteiger partial charge is 0.248 e. The van der Waals surface area contributed by atoms with Crippen LogP contribution in [0.1, 0.15) is 12.0 Å². The summed E-state index contributed by atoms with van der Waals surface area (Å²) in [5, 5.41) is 0.636. The Morgan fingerprint density at radius 2 is 2.16 bits per heavy atom. The van der Waals surface area contributed by atoms with Gasteiger partial charge in [0.2, 0.25) is 5.91 Å². The summed E-state index contributed by atoms with van der Waals surface area (Å²) in [6, 6.07) is 7.38. The number of nitrogens with zero attached hydrogens (tertiary/aromatic N) is 1. The SMILES string of the molecule is CN(CCC(N)=S)C(=O)COCc1ccccc1Cl. The molecule has 0 atom stereocenters. The highest BCUT2D eigenvalue weighted by atomic mass is 35.5. The van der Waals surface area contributed by atoms with E-state index >= 15 is 0 Å². The average molecular weight is 301 g/mol. The zero-order chi connectivity index (χ0) is 14.3. The lowest BCUT2D eigenvalue weighted by molar-refractivity contribution is -0.135. The molecule has 0 saturated heterocycles. The van der Waals surface area contributed by atoms with Crippen molar-refractivity contribution in [1.82, 2.24) is 4.90 Å².